The third kappa shape index (κ3) is 2.39. The predicted octanol–water partition coefficient (Wildman–Crippen LogP) is 2.92. The molecule has 0 unspecified atom stereocenters. The van der Waals surface area contributed by atoms with E-state index in [9.17, 15) is 0 Å². The zero-order chi connectivity index (χ0) is 12.3. The van der Waals surface area contributed by atoms with Gasteiger partial charge in [0.25, 0.3) is 0 Å². The molecule has 1 aromatic carbocycles. The molecular formula is C12H11BrN2O2. The molecule has 0 aliphatic carbocycles. The van der Waals surface area contributed by atoms with Gasteiger partial charge in [-0.05, 0) is 34.1 Å². The first kappa shape index (κ1) is 11.9. The fourth-order valence-electron chi connectivity index (χ4n) is 1.46. The van der Waals surface area contributed by atoms with E-state index in [0.717, 1.165) is 10.0 Å². The Kier molecular flexibility index (Phi) is 3.58. The van der Waals surface area contributed by atoms with Crippen molar-refractivity contribution in [2.24, 2.45) is 0 Å². The van der Waals surface area contributed by atoms with Gasteiger partial charge in [-0.15, -0.1) is 0 Å². The number of halogens is 1. The highest BCUT2D eigenvalue weighted by Crippen LogP contribution is 2.36. The van der Waals surface area contributed by atoms with Crippen LogP contribution in [0.3, 0.4) is 0 Å². The van der Waals surface area contributed by atoms with Gasteiger partial charge in [-0.3, -0.25) is 0 Å². The van der Waals surface area contributed by atoms with Crippen LogP contribution < -0.4 is 9.47 Å². The number of rotatable bonds is 3. The molecule has 2 rings (SSSR count). The van der Waals surface area contributed by atoms with Crippen LogP contribution in [-0.2, 0) is 0 Å². The van der Waals surface area contributed by atoms with Crippen molar-refractivity contribution in [2.45, 2.75) is 0 Å². The van der Waals surface area contributed by atoms with Gasteiger partial charge in [0.05, 0.1) is 14.2 Å². The van der Waals surface area contributed by atoms with Gasteiger partial charge in [0.15, 0.2) is 17.3 Å². The quantitative estimate of drug-likeness (QED) is 0.873. The SMILES string of the molecule is COc1cc(Br)c(-c2ncccn2)cc1OC. The van der Waals surface area contributed by atoms with Crippen molar-refractivity contribution in [3.63, 3.8) is 0 Å². The van der Waals surface area contributed by atoms with E-state index in [4.69, 9.17) is 9.47 Å². The minimum atomic E-state index is 0.639. The second-order valence-electron chi connectivity index (χ2n) is 3.26. The minimum Gasteiger partial charge on any atom is -0.493 e. The Bertz CT molecular complexity index is 517. The molecule has 17 heavy (non-hydrogen) atoms. The monoisotopic (exact) mass is 294 g/mol. The van der Waals surface area contributed by atoms with Gasteiger partial charge >= 0.3 is 0 Å². The van der Waals surface area contributed by atoms with Gasteiger partial charge in [-0.2, -0.15) is 0 Å². The van der Waals surface area contributed by atoms with Gasteiger partial charge in [0.2, 0.25) is 0 Å². The maximum atomic E-state index is 5.25. The largest absolute Gasteiger partial charge is 0.493 e. The molecular weight excluding hydrogens is 284 g/mol. The Hall–Kier alpha value is -1.62. The Balaban J connectivity index is 2.56. The standard InChI is InChI=1S/C12H11BrN2O2/c1-16-10-6-8(9(13)7-11(10)17-2)12-14-4-3-5-15-12/h3-7H,1-2H3. The number of benzene rings is 1. The zero-order valence-electron chi connectivity index (χ0n) is 9.48. The Morgan fingerprint density at radius 2 is 1.59 bits per heavy atom. The summed E-state index contributed by atoms with van der Waals surface area (Å²) in [7, 11) is 3.20. The van der Waals surface area contributed by atoms with Crippen LogP contribution in [-0.4, -0.2) is 24.2 Å². The van der Waals surface area contributed by atoms with Crippen molar-refractivity contribution < 1.29 is 9.47 Å². The molecule has 0 radical (unpaired) electrons. The Morgan fingerprint density at radius 3 is 2.18 bits per heavy atom. The van der Waals surface area contributed by atoms with Crippen LogP contribution in [0, 0.1) is 0 Å². The lowest BCUT2D eigenvalue weighted by atomic mass is 10.2. The fraction of sp³-hybridized carbons (Fsp3) is 0.167. The molecule has 0 N–H and O–H groups in total. The lowest BCUT2D eigenvalue weighted by Crippen LogP contribution is -1.94. The summed E-state index contributed by atoms with van der Waals surface area (Å²) in [6, 6.07) is 5.46. The molecule has 88 valence electrons. The molecule has 1 heterocycles. The summed E-state index contributed by atoms with van der Waals surface area (Å²) in [6.07, 6.45) is 3.40. The first-order valence-electron chi connectivity index (χ1n) is 4.95. The van der Waals surface area contributed by atoms with Crippen LogP contribution in [0.25, 0.3) is 11.4 Å². The third-order valence-corrected chi connectivity index (χ3v) is 2.94. The van der Waals surface area contributed by atoms with E-state index in [2.05, 4.69) is 25.9 Å². The number of hydrogen-bond acceptors (Lipinski definition) is 4. The molecule has 0 fully saturated rings. The van der Waals surface area contributed by atoms with Gasteiger partial charge in [-0.25, -0.2) is 9.97 Å². The van der Waals surface area contributed by atoms with E-state index in [-0.39, 0.29) is 0 Å². The second kappa shape index (κ2) is 5.14. The Labute approximate surface area is 108 Å². The molecule has 5 heteroatoms. The fourth-order valence-corrected chi connectivity index (χ4v) is 1.96. The number of nitrogens with zero attached hydrogens (tertiary/aromatic N) is 2. The predicted molar refractivity (Wildman–Crippen MR) is 68.3 cm³/mol. The van der Waals surface area contributed by atoms with Gasteiger partial charge < -0.3 is 9.47 Å². The molecule has 0 amide bonds. The molecule has 4 nitrogen and oxygen atoms in total. The van der Waals surface area contributed by atoms with Gasteiger partial charge in [0.1, 0.15) is 0 Å². The number of aromatic nitrogens is 2. The molecule has 0 atom stereocenters. The molecule has 0 aliphatic heterocycles. The topological polar surface area (TPSA) is 44.2 Å². The normalized spacial score (nSPS) is 10.1. The lowest BCUT2D eigenvalue weighted by Gasteiger charge is -2.10. The summed E-state index contributed by atoms with van der Waals surface area (Å²) < 4.78 is 11.3. The number of hydrogen-bond donors (Lipinski definition) is 0. The van der Waals surface area contributed by atoms with Crippen molar-refractivity contribution in [1.29, 1.82) is 0 Å². The highest BCUT2D eigenvalue weighted by molar-refractivity contribution is 9.10. The highest BCUT2D eigenvalue weighted by Gasteiger charge is 2.12. The molecule has 0 spiro atoms. The summed E-state index contributed by atoms with van der Waals surface area (Å²) >= 11 is 3.47. The minimum absolute atomic E-state index is 0.639. The van der Waals surface area contributed by atoms with E-state index >= 15 is 0 Å². The summed E-state index contributed by atoms with van der Waals surface area (Å²) in [4.78, 5) is 8.41. The first-order valence-corrected chi connectivity index (χ1v) is 5.74. The maximum absolute atomic E-state index is 5.25. The van der Waals surface area contributed by atoms with E-state index in [1.165, 1.54) is 0 Å². The Morgan fingerprint density at radius 1 is 1.00 bits per heavy atom. The van der Waals surface area contributed by atoms with Gasteiger partial charge in [-0.1, -0.05) is 0 Å². The van der Waals surface area contributed by atoms with Gasteiger partial charge in [0, 0.05) is 22.4 Å². The van der Waals surface area contributed by atoms with E-state index in [0.29, 0.717) is 17.3 Å². The molecule has 0 saturated heterocycles. The summed E-state index contributed by atoms with van der Waals surface area (Å²) in [5, 5.41) is 0. The molecule has 2 aromatic rings. The van der Waals surface area contributed by atoms with Crippen LogP contribution in [0.2, 0.25) is 0 Å². The molecule has 1 aromatic heterocycles. The summed E-state index contributed by atoms with van der Waals surface area (Å²) in [6.45, 7) is 0. The lowest BCUT2D eigenvalue weighted by molar-refractivity contribution is 0.355. The molecule has 0 bridgehead atoms. The van der Waals surface area contributed by atoms with E-state index in [1.807, 2.05) is 12.1 Å². The third-order valence-electron chi connectivity index (χ3n) is 2.28. The smallest absolute Gasteiger partial charge is 0.161 e. The molecule has 0 saturated carbocycles. The van der Waals surface area contributed by atoms with Crippen molar-refractivity contribution >= 4 is 15.9 Å². The van der Waals surface area contributed by atoms with Crippen LogP contribution in [0.4, 0.5) is 0 Å². The number of ether oxygens (including phenoxy) is 2. The second-order valence-corrected chi connectivity index (χ2v) is 4.11. The van der Waals surface area contributed by atoms with Crippen molar-refractivity contribution in [2.75, 3.05) is 14.2 Å². The van der Waals surface area contributed by atoms with Crippen LogP contribution in [0.15, 0.2) is 35.1 Å². The average Bonchev–Trinajstić information content (AvgIpc) is 2.39. The maximum Gasteiger partial charge on any atom is 0.161 e. The van der Waals surface area contributed by atoms with E-state index < -0.39 is 0 Å². The summed E-state index contributed by atoms with van der Waals surface area (Å²) in [5.41, 5.74) is 0.864. The number of methoxy groups -OCH3 is 2. The van der Waals surface area contributed by atoms with Crippen LogP contribution in [0.1, 0.15) is 0 Å². The molecule has 0 aliphatic rings. The van der Waals surface area contributed by atoms with Crippen LogP contribution in [0.5, 0.6) is 11.5 Å². The summed E-state index contributed by atoms with van der Waals surface area (Å²) in [5.74, 6) is 1.96. The van der Waals surface area contributed by atoms with Crippen LogP contribution >= 0.6 is 15.9 Å². The first-order chi connectivity index (χ1) is 8.26. The van der Waals surface area contributed by atoms with E-state index in [1.54, 1.807) is 32.7 Å². The average molecular weight is 295 g/mol. The van der Waals surface area contributed by atoms with Crippen molar-refractivity contribution in [3.8, 4) is 22.9 Å². The zero-order valence-corrected chi connectivity index (χ0v) is 11.1. The highest BCUT2D eigenvalue weighted by atomic mass is 79.9. The van der Waals surface area contributed by atoms with Crippen molar-refractivity contribution in [1.82, 2.24) is 9.97 Å². The van der Waals surface area contributed by atoms with Crippen molar-refractivity contribution in [3.05, 3.63) is 35.1 Å².